The van der Waals surface area contributed by atoms with Crippen molar-refractivity contribution in [1.82, 2.24) is 14.9 Å². The first-order valence-corrected chi connectivity index (χ1v) is 9.74. The number of aromatic nitrogens is 2. The number of halogens is 1. The van der Waals surface area contributed by atoms with Crippen LogP contribution in [0.3, 0.4) is 0 Å². The zero-order valence-corrected chi connectivity index (χ0v) is 16.8. The minimum Gasteiger partial charge on any atom is -0.366 e. The molecule has 0 unspecified atom stereocenters. The standard InChI is InChI=1S/C21H23FN4S/c1-5-26(4)13-24-19-7-14(2)16(6-15(19)3)9-21-25-20(12-27-21)17-8-18(22)11-23-10-17/h6-8,10-13H,5,9H2,1-4H3/b24-13+. The molecule has 0 amide bonds. The van der Waals surface area contributed by atoms with E-state index in [4.69, 9.17) is 0 Å². The second kappa shape index (κ2) is 8.39. The summed E-state index contributed by atoms with van der Waals surface area (Å²) in [4.78, 5) is 15.2. The molecule has 0 N–H and O–H groups in total. The Morgan fingerprint density at radius 2 is 2.00 bits per heavy atom. The van der Waals surface area contributed by atoms with Gasteiger partial charge in [-0.1, -0.05) is 6.07 Å². The van der Waals surface area contributed by atoms with Crippen LogP contribution in [-0.2, 0) is 6.42 Å². The molecule has 140 valence electrons. The largest absolute Gasteiger partial charge is 0.366 e. The predicted molar refractivity (Wildman–Crippen MR) is 110 cm³/mol. The first-order chi connectivity index (χ1) is 13.0. The number of hydrogen-bond donors (Lipinski definition) is 0. The minimum absolute atomic E-state index is 0.349. The maximum atomic E-state index is 13.4. The predicted octanol–water partition coefficient (Wildman–Crippen LogP) is 5.16. The third-order valence-electron chi connectivity index (χ3n) is 4.44. The van der Waals surface area contributed by atoms with Gasteiger partial charge in [-0.05, 0) is 49.6 Å². The first kappa shape index (κ1) is 19.2. The van der Waals surface area contributed by atoms with Crippen LogP contribution < -0.4 is 0 Å². The van der Waals surface area contributed by atoms with Crippen molar-refractivity contribution in [2.45, 2.75) is 27.2 Å². The zero-order valence-electron chi connectivity index (χ0n) is 16.0. The smallest absolute Gasteiger partial charge is 0.142 e. The van der Waals surface area contributed by atoms with E-state index in [9.17, 15) is 4.39 Å². The van der Waals surface area contributed by atoms with Gasteiger partial charge in [0.15, 0.2) is 0 Å². The van der Waals surface area contributed by atoms with Gasteiger partial charge in [-0.25, -0.2) is 14.4 Å². The number of pyridine rings is 1. The highest BCUT2D eigenvalue weighted by atomic mass is 32.1. The van der Waals surface area contributed by atoms with E-state index in [1.165, 1.54) is 23.4 Å². The Hall–Kier alpha value is -2.60. The molecule has 2 heterocycles. The lowest BCUT2D eigenvalue weighted by molar-refractivity contribution is 0.552. The number of rotatable bonds is 6. The fourth-order valence-corrected chi connectivity index (χ4v) is 3.50. The summed E-state index contributed by atoms with van der Waals surface area (Å²) in [5.74, 6) is -0.349. The summed E-state index contributed by atoms with van der Waals surface area (Å²) in [5.41, 5.74) is 6.02. The molecule has 0 bridgehead atoms. The number of aliphatic imine (C=N–C) groups is 1. The maximum Gasteiger partial charge on any atom is 0.142 e. The van der Waals surface area contributed by atoms with Crippen LogP contribution in [-0.4, -0.2) is 34.8 Å². The molecule has 0 aliphatic rings. The summed E-state index contributed by atoms with van der Waals surface area (Å²) in [6, 6.07) is 5.76. The van der Waals surface area contributed by atoms with E-state index in [1.807, 2.05) is 23.7 Å². The second-order valence-electron chi connectivity index (χ2n) is 6.58. The molecular formula is C21H23FN4S. The summed E-state index contributed by atoms with van der Waals surface area (Å²) < 4.78 is 13.4. The normalized spacial score (nSPS) is 11.3. The number of nitrogens with zero attached hydrogens (tertiary/aromatic N) is 4. The van der Waals surface area contributed by atoms with Crippen LogP contribution in [0.2, 0.25) is 0 Å². The van der Waals surface area contributed by atoms with Crippen LogP contribution in [0, 0.1) is 19.7 Å². The third kappa shape index (κ3) is 4.77. The van der Waals surface area contributed by atoms with Gasteiger partial charge in [0.1, 0.15) is 5.82 Å². The second-order valence-corrected chi connectivity index (χ2v) is 7.52. The average Bonchev–Trinajstić information content (AvgIpc) is 3.11. The van der Waals surface area contributed by atoms with Crippen molar-refractivity contribution in [2.75, 3.05) is 13.6 Å². The highest BCUT2D eigenvalue weighted by molar-refractivity contribution is 7.10. The van der Waals surface area contributed by atoms with E-state index in [2.05, 4.69) is 47.9 Å². The molecule has 4 nitrogen and oxygen atoms in total. The highest BCUT2D eigenvalue weighted by Crippen LogP contribution is 2.27. The summed E-state index contributed by atoms with van der Waals surface area (Å²) in [6.07, 6.45) is 5.45. The van der Waals surface area contributed by atoms with E-state index in [1.54, 1.807) is 17.5 Å². The quantitative estimate of drug-likeness (QED) is 0.437. The van der Waals surface area contributed by atoms with Gasteiger partial charge < -0.3 is 4.90 Å². The lowest BCUT2D eigenvalue weighted by atomic mass is 10.0. The number of benzene rings is 1. The van der Waals surface area contributed by atoms with Crippen LogP contribution >= 0.6 is 11.3 Å². The first-order valence-electron chi connectivity index (χ1n) is 8.86. The molecule has 2 aromatic heterocycles. The zero-order chi connectivity index (χ0) is 19.4. The molecular weight excluding hydrogens is 359 g/mol. The molecule has 6 heteroatoms. The molecule has 0 spiro atoms. The van der Waals surface area contributed by atoms with Gasteiger partial charge in [-0.15, -0.1) is 11.3 Å². The van der Waals surface area contributed by atoms with Gasteiger partial charge in [0.05, 0.1) is 28.9 Å². The summed E-state index contributed by atoms with van der Waals surface area (Å²) >= 11 is 1.58. The lowest BCUT2D eigenvalue weighted by Gasteiger charge is -2.11. The number of thiazole rings is 1. The Morgan fingerprint density at radius 3 is 2.74 bits per heavy atom. The van der Waals surface area contributed by atoms with Gasteiger partial charge in [0, 0.05) is 37.2 Å². The molecule has 0 fully saturated rings. The molecule has 1 aromatic carbocycles. The monoisotopic (exact) mass is 382 g/mol. The van der Waals surface area contributed by atoms with Crippen molar-refractivity contribution in [3.63, 3.8) is 0 Å². The molecule has 0 saturated carbocycles. The molecule has 0 radical (unpaired) electrons. The molecule has 3 aromatic rings. The SMILES string of the molecule is CCN(C)/C=N/c1cc(C)c(Cc2nc(-c3cncc(F)c3)cs2)cc1C. The van der Waals surface area contributed by atoms with Gasteiger partial charge >= 0.3 is 0 Å². The van der Waals surface area contributed by atoms with Crippen LogP contribution in [0.5, 0.6) is 0 Å². The third-order valence-corrected chi connectivity index (χ3v) is 5.29. The lowest BCUT2D eigenvalue weighted by Crippen LogP contribution is -2.14. The molecule has 27 heavy (non-hydrogen) atoms. The van der Waals surface area contributed by atoms with Crippen molar-refractivity contribution in [3.05, 3.63) is 63.5 Å². The van der Waals surface area contributed by atoms with Crippen molar-refractivity contribution in [1.29, 1.82) is 0 Å². The Morgan fingerprint density at radius 1 is 1.19 bits per heavy atom. The van der Waals surface area contributed by atoms with E-state index in [0.29, 0.717) is 5.56 Å². The molecule has 0 saturated heterocycles. The van der Waals surface area contributed by atoms with Crippen molar-refractivity contribution >= 4 is 23.4 Å². The highest BCUT2D eigenvalue weighted by Gasteiger charge is 2.10. The molecule has 0 aliphatic carbocycles. The van der Waals surface area contributed by atoms with Crippen LogP contribution in [0.1, 0.15) is 28.6 Å². The average molecular weight is 383 g/mol. The summed E-state index contributed by atoms with van der Waals surface area (Å²) in [7, 11) is 2.01. The Labute approximate surface area is 163 Å². The maximum absolute atomic E-state index is 13.4. The van der Waals surface area contributed by atoms with E-state index >= 15 is 0 Å². The van der Waals surface area contributed by atoms with Gasteiger partial charge in [-0.3, -0.25) is 4.98 Å². The van der Waals surface area contributed by atoms with Crippen molar-refractivity contribution in [3.8, 4) is 11.3 Å². The fraction of sp³-hybridized carbons (Fsp3) is 0.286. The van der Waals surface area contributed by atoms with Crippen molar-refractivity contribution < 1.29 is 4.39 Å². The molecule has 0 aliphatic heterocycles. The van der Waals surface area contributed by atoms with Gasteiger partial charge in [0.2, 0.25) is 0 Å². The Kier molecular flexibility index (Phi) is 5.96. The van der Waals surface area contributed by atoms with E-state index in [0.717, 1.165) is 34.9 Å². The minimum atomic E-state index is -0.349. The van der Waals surface area contributed by atoms with E-state index in [-0.39, 0.29) is 5.82 Å². The van der Waals surface area contributed by atoms with Crippen LogP contribution in [0.15, 0.2) is 41.0 Å². The van der Waals surface area contributed by atoms with Crippen LogP contribution in [0.4, 0.5) is 10.1 Å². The topological polar surface area (TPSA) is 41.4 Å². The van der Waals surface area contributed by atoms with Gasteiger partial charge in [0.25, 0.3) is 0 Å². The van der Waals surface area contributed by atoms with Crippen molar-refractivity contribution in [2.24, 2.45) is 4.99 Å². The summed E-state index contributed by atoms with van der Waals surface area (Å²) in [6.45, 7) is 7.19. The summed E-state index contributed by atoms with van der Waals surface area (Å²) in [5, 5.41) is 2.95. The Bertz CT molecular complexity index is 965. The number of aryl methyl sites for hydroxylation is 2. The molecule has 3 rings (SSSR count). The molecule has 0 atom stereocenters. The number of hydrogen-bond acceptors (Lipinski definition) is 4. The van der Waals surface area contributed by atoms with E-state index < -0.39 is 0 Å². The van der Waals surface area contributed by atoms with Gasteiger partial charge in [-0.2, -0.15) is 0 Å². The Balaban J connectivity index is 1.80. The fourth-order valence-electron chi connectivity index (χ4n) is 2.67. The van der Waals surface area contributed by atoms with Crippen LogP contribution in [0.25, 0.3) is 11.3 Å².